The van der Waals surface area contributed by atoms with E-state index in [9.17, 15) is 19.1 Å². The molecule has 3 aromatic rings. The van der Waals surface area contributed by atoms with Gasteiger partial charge in [0.25, 0.3) is 5.91 Å². The van der Waals surface area contributed by atoms with Crippen LogP contribution in [0.25, 0.3) is 0 Å². The van der Waals surface area contributed by atoms with E-state index in [1.54, 1.807) is 42.2 Å². The molecule has 166 valence electrons. The van der Waals surface area contributed by atoms with Gasteiger partial charge in [0.15, 0.2) is 5.82 Å². The molecule has 31 heavy (non-hydrogen) atoms. The van der Waals surface area contributed by atoms with Crippen molar-refractivity contribution in [1.82, 2.24) is 9.78 Å². The number of benzene rings is 2. The van der Waals surface area contributed by atoms with Crippen molar-refractivity contribution in [2.45, 2.75) is 20.0 Å². The van der Waals surface area contributed by atoms with E-state index in [2.05, 4.69) is 10.4 Å². The summed E-state index contributed by atoms with van der Waals surface area (Å²) in [7, 11) is -2.59. The number of rotatable bonds is 7. The highest BCUT2D eigenvalue weighted by atomic mass is 79.9. The minimum atomic E-state index is -4.33. The smallest absolute Gasteiger partial charge is 0.356 e. The molecule has 1 amide bonds. The Morgan fingerprint density at radius 3 is 2.26 bits per heavy atom. The number of carbonyl (C=O) groups excluding carboxylic acids is 1. The van der Waals surface area contributed by atoms with Crippen LogP contribution in [-0.4, -0.2) is 31.6 Å². The van der Waals surface area contributed by atoms with Crippen molar-refractivity contribution in [3.8, 4) is 17.2 Å². The van der Waals surface area contributed by atoms with Gasteiger partial charge in [0, 0.05) is 30.9 Å². The maximum Gasteiger partial charge on any atom is 0.356 e. The van der Waals surface area contributed by atoms with E-state index >= 15 is 0 Å². The highest BCUT2D eigenvalue weighted by Gasteiger charge is 2.17. The highest BCUT2D eigenvalue weighted by molar-refractivity contribution is 8.93. The van der Waals surface area contributed by atoms with Crippen molar-refractivity contribution in [2.24, 2.45) is 7.05 Å². The molecule has 0 aliphatic heterocycles. The molecule has 0 aliphatic rings. The predicted molar refractivity (Wildman–Crippen MR) is 122 cm³/mol. The minimum absolute atomic E-state index is 0. The summed E-state index contributed by atoms with van der Waals surface area (Å²) in [5, 5.41) is 6.72. The van der Waals surface area contributed by atoms with Crippen LogP contribution >= 0.6 is 24.6 Å². The first kappa shape index (κ1) is 24.6. The van der Waals surface area contributed by atoms with E-state index in [-0.39, 0.29) is 34.3 Å². The lowest BCUT2D eigenvalue weighted by Gasteiger charge is -2.14. The summed E-state index contributed by atoms with van der Waals surface area (Å²) in [5.74, 6) is 1.16. The normalized spacial score (nSPS) is 11.0. The maximum atomic E-state index is 12.7. The number of nitrogens with one attached hydrogen (secondary N) is 1. The Balaban J connectivity index is 0.00000341. The molecule has 0 atom stereocenters. The SMILES string of the molecule is Br.CC(C)Oc1cc(Oc2ccc(P(=O)(O)O)cc2)cc(C(=O)Nc2ccn(C)n2)c1. The standard InChI is InChI=1S/C20H22N3O6P.BrH/c1-13(2)28-16-10-14(20(24)21-19-8-9-23(3)22-19)11-17(12-16)29-15-4-6-18(7-5-15)30(25,26)27;/h4-13H,1-3H3,(H,21,22,24)(H2,25,26,27);1H. The van der Waals surface area contributed by atoms with Gasteiger partial charge in [-0.15, -0.1) is 17.0 Å². The third kappa shape index (κ3) is 6.93. The molecule has 3 rings (SSSR count). The molecule has 0 aliphatic carbocycles. The molecule has 1 heterocycles. The average Bonchev–Trinajstić information content (AvgIpc) is 3.05. The Kier molecular flexibility index (Phi) is 8.02. The number of halogens is 1. The van der Waals surface area contributed by atoms with E-state index in [4.69, 9.17) is 9.47 Å². The third-order valence-corrected chi connectivity index (χ3v) is 4.85. The molecule has 3 N–H and O–H groups in total. The van der Waals surface area contributed by atoms with Crippen LogP contribution in [0.2, 0.25) is 0 Å². The molecule has 0 bridgehead atoms. The van der Waals surface area contributed by atoms with Gasteiger partial charge < -0.3 is 24.6 Å². The Morgan fingerprint density at radius 1 is 1.06 bits per heavy atom. The lowest BCUT2D eigenvalue weighted by molar-refractivity contribution is 0.102. The van der Waals surface area contributed by atoms with Gasteiger partial charge in [0.1, 0.15) is 17.2 Å². The van der Waals surface area contributed by atoms with Gasteiger partial charge in [-0.2, -0.15) is 5.10 Å². The number of nitrogens with zero attached hydrogens (tertiary/aromatic N) is 2. The Morgan fingerprint density at radius 2 is 1.71 bits per heavy atom. The van der Waals surface area contributed by atoms with Gasteiger partial charge in [0.2, 0.25) is 0 Å². The van der Waals surface area contributed by atoms with Crippen molar-refractivity contribution in [1.29, 1.82) is 0 Å². The van der Waals surface area contributed by atoms with Crippen LogP contribution in [0.1, 0.15) is 24.2 Å². The van der Waals surface area contributed by atoms with E-state index < -0.39 is 7.60 Å². The highest BCUT2D eigenvalue weighted by Crippen LogP contribution is 2.34. The monoisotopic (exact) mass is 511 g/mol. The van der Waals surface area contributed by atoms with Crippen LogP contribution in [0.4, 0.5) is 5.82 Å². The van der Waals surface area contributed by atoms with Crippen molar-refractivity contribution in [3.63, 3.8) is 0 Å². The topological polar surface area (TPSA) is 123 Å². The average molecular weight is 512 g/mol. The Labute approximate surface area is 189 Å². The predicted octanol–water partition coefficient (Wildman–Crippen LogP) is 3.63. The summed E-state index contributed by atoms with van der Waals surface area (Å²) >= 11 is 0. The van der Waals surface area contributed by atoms with Crippen molar-refractivity contribution >= 4 is 41.6 Å². The zero-order chi connectivity index (χ0) is 21.9. The molecule has 0 spiro atoms. The molecule has 0 unspecified atom stereocenters. The summed E-state index contributed by atoms with van der Waals surface area (Å²) in [5.41, 5.74) is 0.306. The van der Waals surface area contributed by atoms with E-state index in [1.165, 1.54) is 24.3 Å². The van der Waals surface area contributed by atoms with Crippen LogP contribution in [0.3, 0.4) is 0 Å². The van der Waals surface area contributed by atoms with Crippen LogP contribution in [0.5, 0.6) is 17.2 Å². The lowest BCUT2D eigenvalue weighted by Crippen LogP contribution is -2.13. The molecule has 0 fully saturated rings. The first-order valence-corrected chi connectivity index (χ1v) is 10.7. The first-order valence-electron chi connectivity index (χ1n) is 9.07. The van der Waals surface area contributed by atoms with Crippen LogP contribution < -0.4 is 20.1 Å². The number of amides is 1. The molecule has 0 saturated carbocycles. The molecule has 0 saturated heterocycles. The van der Waals surface area contributed by atoms with Crippen molar-refractivity contribution < 1.29 is 28.6 Å². The zero-order valence-corrected chi connectivity index (χ0v) is 19.7. The molecular formula is C20H23BrN3O6P. The van der Waals surface area contributed by atoms with Crippen LogP contribution in [0.15, 0.2) is 54.7 Å². The van der Waals surface area contributed by atoms with Gasteiger partial charge in [-0.25, -0.2) is 0 Å². The molecule has 0 radical (unpaired) electrons. The largest absolute Gasteiger partial charge is 0.491 e. The molecule has 11 heteroatoms. The second kappa shape index (κ2) is 10.1. The molecule has 2 aromatic carbocycles. The number of hydrogen-bond acceptors (Lipinski definition) is 5. The Hall–Kier alpha value is -2.65. The minimum Gasteiger partial charge on any atom is -0.491 e. The fourth-order valence-electron chi connectivity index (χ4n) is 2.62. The second-order valence-electron chi connectivity index (χ2n) is 6.83. The summed E-state index contributed by atoms with van der Waals surface area (Å²) in [4.78, 5) is 31.1. The van der Waals surface area contributed by atoms with Crippen LogP contribution in [0, 0.1) is 0 Å². The fraction of sp³-hybridized carbons (Fsp3) is 0.200. The quantitative estimate of drug-likeness (QED) is 0.413. The number of carbonyl (C=O) groups is 1. The maximum absolute atomic E-state index is 12.7. The van der Waals surface area contributed by atoms with E-state index in [1.807, 2.05) is 13.8 Å². The Bertz CT molecular complexity index is 1090. The third-order valence-electron chi connectivity index (χ3n) is 3.88. The van der Waals surface area contributed by atoms with Crippen molar-refractivity contribution in [3.05, 3.63) is 60.3 Å². The second-order valence-corrected chi connectivity index (χ2v) is 8.43. The molecular weight excluding hydrogens is 489 g/mol. The first-order chi connectivity index (χ1) is 14.1. The van der Waals surface area contributed by atoms with Gasteiger partial charge in [-0.3, -0.25) is 14.0 Å². The number of ether oxygens (including phenoxy) is 2. The summed E-state index contributed by atoms with van der Waals surface area (Å²) < 4.78 is 24.4. The number of hydrogen-bond donors (Lipinski definition) is 3. The number of anilines is 1. The summed E-state index contributed by atoms with van der Waals surface area (Å²) in [6.07, 6.45) is 1.60. The van der Waals surface area contributed by atoms with Gasteiger partial charge >= 0.3 is 7.60 Å². The van der Waals surface area contributed by atoms with Gasteiger partial charge in [-0.05, 0) is 50.2 Å². The number of aryl methyl sites for hydroxylation is 1. The lowest BCUT2D eigenvalue weighted by atomic mass is 10.2. The zero-order valence-electron chi connectivity index (χ0n) is 17.1. The fourth-order valence-corrected chi connectivity index (χ4v) is 3.15. The molecule has 9 nitrogen and oxygen atoms in total. The van der Waals surface area contributed by atoms with E-state index in [0.717, 1.165) is 0 Å². The molecule has 1 aromatic heterocycles. The summed E-state index contributed by atoms with van der Waals surface area (Å²) in [6.45, 7) is 3.73. The van der Waals surface area contributed by atoms with Gasteiger partial charge in [0.05, 0.1) is 11.4 Å². The van der Waals surface area contributed by atoms with Crippen LogP contribution in [-0.2, 0) is 11.6 Å². The number of aromatic nitrogens is 2. The van der Waals surface area contributed by atoms with E-state index in [0.29, 0.717) is 28.6 Å². The van der Waals surface area contributed by atoms with Gasteiger partial charge in [-0.1, -0.05) is 0 Å². The summed E-state index contributed by atoms with van der Waals surface area (Å²) in [6, 6.07) is 11.9. The van der Waals surface area contributed by atoms with Crippen molar-refractivity contribution in [2.75, 3.05) is 5.32 Å².